The maximum Gasteiger partial charge on any atom is 0.253 e. The predicted octanol–water partition coefficient (Wildman–Crippen LogP) is 0.0905. The van der Waals surface area contributed by atoms with E-state index in [0.717, 1.165) is 24.4 Å². The molecule has 1 spiro atoms. The van der Waals surface area contributed by atoms with E-state index >= 15 is 0 Å². The van der Waals surface area contributed by atoms with Gasteiger partial charge in [0.25, 0.3) is 5.91 Å². The number of carbonyl (C=O) groups is 2. The van der Waals surface area contributed by atoms with Gasteiger partial charge in [0.1, 0.15) is 12.7 Å². The van der Waals surface area contributed by atoms with E-state index in [1.165, 1.54) is 7.11 Å². The van der Waals surface area contributed by atoms with Crippen molar-refractivity contribution in [3.05, 3.63) is 17.7 Å². The first-order chi connectivity index (χ1) is 13.2. The highest BCUT2D eigenvalue weighted by molar-refractivity contribution is 5.85. The Morgan fingerprint density at radius 2 is 2.07 bits per heavy atom. The molecule has 1 unspecified atom stereocenters. The van der Waals surface area contributed by atoms with Gasteiger partial charge in [0.15, 0.2) is 0 Å². The van der Waals surface area contributed by atoms with Gasteiger partial charge in [0.2, 0.25) is 5.91 Å². The number of ether oxygens (including phenoxy) is 2. The van der Waals surface area contributed by atoms with E-state index in [1.807, 2.05) is 9.80 Å². The number of hydrogen-bond acceptors (Lipinski definition) is 6. The summed E-state index contributed by atoms with van der Waals surface area (Å²) in [6, 6.07) is 0. The lowest BCUT2D eigenvalue weighted by molar-refractivity contribution is -0.152. The number of likely N-dealkylation sites (tertiary alicyclic amines) is 1. The van der Waals surface area contributed by atoms with Crippen molar-refractivity contribution >= 4 is 36.6 Å². The summed E-state index contributed by atoms with van der Waals surface area (Å²) < 4.78 is 10.7. The van der Waals surface area contributed by atoms with Crippen molar-refractivity contribution in [2.45, 2.75) is 30.9 Å². The first kappa shape index (κ1) is 23.9. The van der Waals surface area contributed by atoms with E-state index < -0.39 is 11.6 Å². The van der Waals surface area contributed by atoms with E-state index in [1.54, 1.807) is 6.33 Å². The number of fused-ring (bicyclic) bond motifs is 2. The zero-order valence-corrected chi connectivity index (χ0v) is 18.1. The molecule has 1 aromatic heterocycles. The van der Waals surface area contributed by atoms with Crippen molar-refractivity contribution in [3.8, 4) is 0 Å². The van der Waals surface area contributed by atoms with Crippen LogP contribution in [0.4, 0.5) is 0 Å². The number of carbonyl (C=O) groups excluding carboxylic acids is 2. The lowest BCUT2D eigenvalue weighted by Gasteiger charge is -2.50. The van der Waals surface area contributed by atoms with Crippen molar-refractivity contribution in [1.82, 2.24) is 25.1 Å². The number of aromatic amines is 1. The van der Waals surface area contributed by atoms with Gasteiger partial charge >= 0.3 is 0 Å². The van der Waals surface area contributed by atoms with Gasteiger partial charge in [-0.25, -0.2) is 4.98 Å². The van der Waals surface area contributed by atoms with Gasteiger partial charge in [-0.2, -0.15) is 0 Å². The summed E-state index contributed by atoms with van der Waals surface area (Å²) in [7, 11) is 1.54. The molecule has 9 nitrogen and oxygen atoms in total. The number of rotatable bonds is 3. The fraction of sp³-hybridized carbons (Fsp3) is 0.722. The monoisotopic (exact) mass is 449 g/mol. The van der Waals surface area contributed by atoms with Gasteiger partial charge < -0.3 is 29.6 Å². The number of imidazole rings is 1. The Balaban J connectivity index is 0.00000150. The van der Waals surface area contributed by atoms with Gasteiger partial charge in [-0.3, -0.25) is 9.59 Å². The molecule has 1 atom stereocenters. The number of nitrogens with one attached hydrogen (secondary N) is 2. The van der Waals surface area contributed by atoms with Crippen LogP contribution in [0.2, 0.25) is 0 Å². The predicted molar refractivity (Wildman–Crippen MR) is 110 cm³/mol. The maximum absolute atomic E-state index is 12.8. The van der Waals surface area contributed by atoms with Gasteiger partial charge in [0, 0.05) is 51.9 Å². The van der Waals surface area contributed by atoms with Gasteiger partial charge in [-0.15, -0.1) is 24.8 Å². The number of amides is 2. The molecule has 2 amide bonds. The molecule has 2 fully saturated rings. The van der Waals surface area contributed by atoms with Gasteiger partial charge in [-0.1, -0.05) is 0 Å². The summed E-state index contributed by atoms with van der Waals surface area (Å²) in [6.07, 6.45) is 3.40. The third kappa shape index (κ3) is 4.39. The SMILES string of the molecule is COCC(=O)N1CCc2[nH]cnc2C12CCN(C(=O)C1CNCCO1)CC2.Cl.Cl. The van der Waals surface area contributed by atoms with Crippen LogP contribution in [0.15, 0.2) is 6.33 Å². The first-order valence-corrected chi connectivity index (χ1v) is 9.59. The summed E-state index contributed by atoms with van der Waals surface area (Å²) in [5.41, 5.74) is 1.57. The molecule has 0 aromatic carbocycles. The van der Waals surface area contributed by atoms with Crippen LogP contribution in [-0.4, -0.2) is 90.7 Å². The van der Waals surface area contributed by atoms with Crippen molar-refractivity contribution in [3.63, 3.8) is 0 Å². The molecular weight excluding hydrogens is 421 g/mol. The Kier molecular flexibility index (Phi) is 8.30. The number of nitrogens with zero attached hydrogens (tertiary/aromatic N) is 3. The zero-order chi connectivity index (χ0) is 18.9. The average molecular weight is 450 g/mol. The number of aromatic nitrogens is 2. The molecule has 4 rings (SSSR count). The lowest BCUT2D eigenvalue weighted by atomic mass is 9.78. The van der Waals surface area contributed by atoms with Crippen molar-refractivity contribution < 1.29 is 19.1 Å². The number of hydrogen-bond donors (Lipinski definition) is 2. The fourth-order valence-electron chi connectivity index (χ4n) is 4.57. The Bertz CT molecular complexity index is 702. The number of halogens is 2. The van der Waals surface area contributed by atoms with Crippen LogP contribution in [0.25, 0.3) is 0 Å². The van der Waals surface area contributed by atoms with E-state index in [-0.39, 0.29) is 43.2 Å². The molecular formula is C18H29Cl2N5O4. The quantitative estimate of drug-likeness (QED) is 0.678. The minimum Gasteiger partial charge on any atom is -0.375 e. The van der Waals surface area contributed by atoms with Gasteiger partial charge in [0.05, 0.1) is 24.2 Å². The molecule has 4 heterocycles. The number of H-pyrrole nitrogens is 1. The maximum atomic E-state index is 12.8. The van der Waals surface area contributed by atoms with Crippen molar-refractivity contribution in [2.24, 2.45) is 0 Å². The smallest absolute Gasteiger partial charge is 0.253 e. The topological polar surface area (TPSA) is 99.8 Å². The highest BCUT2D eigenvalue weighted by Gasteiger charge is 2.49. The molecule has 164 valence electrons. The Morgan fingerprint density at radius 1 is 1.31 bits per heavy atom. The third-order valence-electron chi connectivity index (χ3n) is 5.94. The normalized spacial score (nSPS) is 23.0. The molecule has 0 radical (unpaired) electrons. The van der Waals surface area contributed by atoms with Crippen LogP contribution in [0, 0.1) is 0 Å². The number of piperidine rings is 1. The van der Waals surface area contributed by atoms with Crippen molar-refractivity contribution in [2.75, 3.05) is 53.0 Å². The molecule has 11 heteroatoms. The highest BCUT2D eigenvalue weighted by atomic mass is 35.5. The summed E-state index contributed by atoms with van der Waals surface area (Å²) >= 11 is 0. The van der Waals surface area contributed by atoms with E-state index in [0.29, 0.717) is 45.6 Å². The molecule has 2 saturated heterocycles. The molecule has 0 saturated carbocycles. The second-order valence-corrected chi connectivity index (χ2v) is 7.38. The molecule has 3 aliphatic heterocycles. The van der Waals surface area contributed by atoms with Crippen molar-refractivity contribution in [1.29, 1.82) is 0 Å². The Labute approximate surface area is 182 Å². The molecule has 1 aromatic rings. The van der Waals surface area contributed by atoms with E-state index in [4.69, 9.17) is 9.47 Å². The molecule has 29 heavy (non-hydrogen) atoms. The summed E-state index contributed by atoms with van der Waals surface area (Å²) in [4.78, 5) is 37.1. The molecule has 0 bridgehead atoms. The van der Waals surface area contributed by atoms with Crippen LogP contribution in [-0.2, 0) is 31.0 Å². The molecule has 3 aliphatic rings. The highest BCUT2D eigenvalue weighted by Crippen LogP contribution is 2.42. The lowest BCUT2D eigenvalue weighted by Crippen LogP contribution is -2.60. The zero-order valence-electron chi connectivity index (χ0n) is 16.5. The summed E-state index contributed by atoms with van der Waals surface area (Å²) in [5.74, 6) is 0.00983. The van der Waals surface area contributed by atoms with Crippen LogP contribution < -0.4 is 5.32 Å². The Hall–Kier alpha value is -1.39. The average Bonchev–Trinajstić information content (AvgIpc) is 3.19. The van der Waals surface area contributed by atoms with Crippen LogP contribution in [0.3, 0.4) is 0 Å². The van der Waals surface area contributed by atoms with Crippen LogP contribution >= 0.6 is 24.8 Å². The second kappa shape index (κ2) is 10.1. The van der Waals surface area contributed by atoms with Crippen LogP contribution in [0.1, 0.15) is 24.2 Å². The van der Waals surface area contributed by atoms with Crippen LogP contribution in [0.5, 0.6) is 0 Å². The minimum atomic E-state index is -0.467. The standard InChI is InChI=1S/C18H27N5O4.2ClH/c1-26-11-15(24)23-6-2-13-16(21-12-20-13)18(23)3-7-22(8-4-18)17(25)14-10-19-5-9-27-14;;/h12,14,19H,2-11H2,1H3,(H,20,21);2*1H. The molecule has 0 aliphatic carbocycles. The van der Waals surface area contributed by atoms with Gasteiger partial charge in [-0.05, 0) is 12.8 Å². The van der Waals surface area contributed by atoms with E-state index in [2.05, 4.69) is 15.3 Å². The minimum absolute atomic E-state index is 0. The first-order valence-electron chi connectivity index (χ1n) is 9.59. The molecule has 2 N–H and O–H groups in total. The summed E-state index contributed by atoms with van der Waals surface area (Å²) in [5, 5.41) is 3.20. The number of methoxy groups -OCH3 is 1. The second-order valence-electron chi connectivity index (χ2n) is 7.38. The third-order valence-corrected chi connectivity index (χ3v) is 5.94. The largest absolute Gasteiger partial charge is 0.375 e. The number of morpholine rings is 1. The van der Waals surface area contributed by atoms with E-state index in [9.17, 15) is 9.59 Å². The summed E-state index contributed by atoms with van der Waals surface area (Å²) in [6.45, 7) is 3.77. The Morgan fingerprint density at radius 3 is 2.72 bits per heavy atom. The fourth-order valence-corrected chi connectivity index (χ4v) is 4.57.